The Balaban J connectivity index is 1.64. The minimum absolute atomic E-state index is 0.162. The van der Waals surface area contributed by atoms with E-state index >= 15 is 0 Å². The number of methoxy groups -OCH3 is 2. The fourth-order valence-corrected chi connectivity index (χ4v) is 2.75. The summed E-state index contributed by atoms with van der Waals surface area (Å²) in [5.41, 5.74) is 0.765. The lowest BCUT2D eigenvalue weighted by Crippen LogP contribution is -2.37. The maximum absolute atomic E-state index is 12.7. The van der Waals surface area contributed by atoms with E-state index < -0.39 is 6.10 Å². The molecule has 0 saturated heterocycles. The molecule has 3 rings (SSSR count). The van der Waals surface area contributed by atoms with Gasteiger partial charge in [-0.15, -0.1) is 0 Å². The van der Waals surface area contributed by atoms with Gasteiger partial charge in [-0.1, -0.05) is 29.4 Å². The van der Waals surface area contributed by atoms with Crippen molar-refractivity contribution in [1.29, 1.82) is 0 Å². The van der Waals surface area contributed by atoms with Crippen LogP contribution in [0.2, 0.25) is 0 Å². The zero-order valence-corrected chi connectivity index (χ0v) is 16.8. The second-order valence-electron chi connectivity index (χ2n) is 6.35. The Kier molecular flexibility index (Phi) is 6.33. The van der Waals surface area contributed by atoms with Gasteiger partial charge in [-0.25, -0.2) is 0 Å². The quantitative estimate of drug-likeness (QED) is 0.577. The molecule has 0 aliphatic carbocycles. The lowest BCUT2D eigenvalue weighted by Gasteiger charge is -2.21. The van der Waals surface area contributed by atoms with Crippen molar-refractivity contribution in [2.45, 2.75) is 19.6 Å². The molecule has 1 amide bonds. The highest BCUT2D eigenvalue weighted by atomic mass is 16.5. The normalized spacial score (nSPS) is 11.6. The lowest BCUT2D eigenvalue weighted by atomic mass is 10.2. The van der Waals surface area contributed by atoms with E-state index in [4.69, 9.17) is 18.7 Å². The number of benzene rings is 2. The smallest absolute Gasteiger partial charge is 0.263 e. The number of carbonyl (C=O) groups is 1. The van der Waals surface area contributed by atoms with Gasteiger partial charge in [0.2, 0.25) is 11.7 Å². The predicted octanol–water partition coefficient (Wildman–Crippen LogP) is 3.18. The summed E-state index contributed by atoms with van der Waals surface area (Å²) in [6.07, 6.45) is -0.711. The maximum Gasteiger partial charge on any atom is 0.263 e. The van der Waals surface area contributed by atoms with Crippen molar-refractivity contribution in [3.05, 3.63) is 54.4 Å². The number of hydrogen-bond donors (Lipinski definition) is 0. The van der Waals surface area contributed by atoms with E-state index in [9.17, 15) is 4.79 Å². The number of rotatable bonds is 8. The van der Waals surface area contributed by atoms with Crippen LogP contribution in [0.3, 0.4) is 0 Å². The highest BCUT2D eigenvalue weighted by Gasteiger charge is 2.22. The minimum atomic E-state index is -0.711. The van der Waals surface area contributed by atoms with Crippen molar-refractivity contribution >= 4 is 5.91 Å². The first kappa shape index (κ1) is 20.2. The third kappa shape index (κ3) is 4.84. The Bertz CT molecular complexity index is 972. The molecule has 1 heterocycles. The minimum Gasteiger partial charge on any atom is -0.497 e. The summed E-state index contributed by atoms with van der Waals surface area (Å²) < 4.78 is 21.5. The van der Waals surface area contributed by atoms with Crippen LogP contribution in [-0.4, -0.2) is 48.3 Å². The molecule has 1 aromatic heterocycles. The number of aromatic nitrogens is 2. The number of likely N-dealkylation sites (N-methyl/N-ethyl adjacent to an activating group) is 1. The monoisotopic (exact) mass is 397 g/mol. The molecule has 0 spiro atoms. The van der Waals surface area contributed by atoms with E-state index in [2.05, 4.69) is 10.1 Å². The summed E-state index contributed by atoms with van der Waals surface area (Å²) in [7, 11) is 4.80. The summed E-state index contributed by atoms with van der Waals surface area (Å²) in [5, 5.41) is 3.98. The van der Waals surface area contributed by atoms with Crippen molar-refractivity contribution in [2.24, 2.45) is 0 Å². The molecular formula is C21H23N3O5. The van der Waals surface area contributed by atoms with Gasteiger partial charge >= 0.3 is 0 Å². The fourth-order valence-electron chi connectivity index (χ4n) is 2.75. The van der Waals surface area contributed by atoms with Crippen LogP contribution in [0.4, 0.5) is 0 Å². The molecule has 0 radical (unpaired) electrons. The van der Waals surface area contributed by atoms with E-state index in [0.29, 0.717) is 29.0 Å². The van der Waals surface area contributed by atoms with E-state index in [0.717, 1.165) is 5.56 Å². The van der Waals surface area contributed by atoms with E-state index in [-0.39, 0.29) is 12.5 Å². The Morgan fingerprint density at radius 1 is 1.10 bits per heavy atom. The van der Waals surface area contributed by atoms with Gasteiger partial charge in [0, 0.05) is 12.6 Å². The topological polar surface area (TPSA) is 86.9 Å². The fraction of sp³-hybridized carbons (Fsp3) is 0.286. The Hall–Kier alpha value is -3.55. The van der Waals surface area contributed by atoms with Crippen LogP contribution < -0.4 is 14.2 Å². The Morgan fingerprint density at radius 3 is 2.59 bits per heavy atom. The first-order valence-electron chi connectivity index (χ1n) is 9.03. The lowest BCUT2D eigenvalue weighted by molar-refractivity contribution is -0.137. The molecule has 8 heteroatoms. The number of amides is 1. The zero-order valence-electron chi connectivity index (χ0n) is 16.8. The molecule has 29 heavy (non-hydrogen) atoms. The second-order valence-corrected chi connectivity index (χ2v) is 6.35. The third-order valence-electron chi connectivity index (χ3n) is 4.27. The van der Waals surface area contributed by atoms with Crippen LogP contribution in [0.1, 0.15) is 12.8 Å². The molecule has 0 bridgehead atoms. The standard InChI is InChI=1S/C21H23N3O5/c1-14(28-18-11-6-5-10-17(18)27-4)21(25)24(2)13-19-22-20(23-29-19)15-8-7-9-16(12-15)26-3/h5-12,14H,13H2,1-4H3/t14-/m1/s1. The predicted molar refractivity (Wildman–Crippen MR) is 106 cm³/mol. The summed E-state index contributed by atoms with van der Waals surface area (Å²) in [6, 6.07) is 14.5. The molecule has 0 N–H and O–H groups in total. The van der Waals surface area contributed by atoms with E-state index in [1.165, 1.54) is 4.90 Å². The first-order valence-corrected chi connectivity index (χ1v) is 9.03. The first-order chi connectivity index (χ1) is 14.0. The van der Waals surface area contributed by atoms with Crippen LogP contribution in [0.5, 0.6) is 17.2 Å². The average molecular weight is 397 g/mol. The zero-order chi connectivity index (χ0) is 20.8. The van der Waals surface area contributed by atoms with Gasteiger partial charge in [0.15, 0.2) is 17.6 Å². The van der Waals surface area contributed by atoms with Gasteiger partial charge in [-0.3, -0.25) is 4.79 Å². The van der Waals surface area contributed by atoms with Gasteiger partial charge in [-0.2, -0.15) is 4.98 Å². The van der Waals surface area contributed by atoms with Crippen molar-refractivity contribution in [3.8, 4) is 28.6 Å². The molecule has 3 aromatic rings. The molecular weight excluding hydrogens is 374 g/mol. The van der Waals surface area contributed by atoms with E-state index in [1.54, 1.807) is 40.3 Å². The van der Waals surface area contributed by atoms with Gasteiger partial charge in [-0.05, 0) is 31.2 Å². The maximum atomic E-state index is 12.7. The van der Waals surface area contributed by atoms with Crippen molar-refractivity contribution < 1.29 is 23.5 Å². The van der Waals surface area contributed by atoms with Crippen LogP contribution >= 0.6 is 0 Å². The molecule has 0 aliphatic heterocycles. The van der Waals surface area contributed by atoms with Gasteiger partial charge < -0.3 is 23.6 Å². The average Bonchev–Trinajstić information content (AvgIpc) is 3.22. The number of nitrogens with zero attached hydrogens (tertiary/aromatic N) is 3. The molecule has 8 nitrogen and oxygen atoms in total. The van der Waals surface area contributed by atoms with Crippen LogP contribution in [0.25, 0.3) is 11.4 Å². The molecule has 1 atom stereocenters. The number of para-hydroxylation sites is 2. The highest BCUT2D eigenvalue weighted by Crippen LogP contribution is 2.27. The van der Waals surface area contributed by atoms with Crippen LogP contribution in [-0.2, 0) is 11.3 Å². The van der Waals surface area contributed by atoms with Crippen LogP contribution in [0, 0.1) is 0 Å². The Morgan fingerprint density at radius 2 is 1.86 bits per heavy atom. The van der Waals surface area contributed by atoms with Crippen molar-refractivity contribution in [1.82, 2.24) is 15.0 Å². The largest absolute Gasteiger partial charge is 0.497 e. The number of ether oxygens (including phenoxy) is 3. The van der Waals surface area contributed by atoms with Gasteiger partial charge in [0.05, 0.1) is 20.8 Å². The second kappa shape index (κ2) is 9.09. The Labute approximate surface area is 169 Å². The molecule has 0 aliphatic rings. The van der Waals surface area contributed by atoms with E-state index in [1.807, 2.05) is 36.4 Å². The summed E-state index contributed by atoms with van der Waals surface area (Å²) >= 11 is 0. The molecule has 0 saturated carbocycles. The van der Waals surface area contributed by atoms with Gasteiger partial charge in [0.25, 0.3) is 5.91 Å². The van der Waals surface area contributed by atoms with Crippen molar-refractivity contribution in [3.63, 3.8) is 0 Å². The van der Waals surface area contributed by atoms with Crippen LogP contribution in [0.15, 0.2) is 53.1 Å². The summed E-state index contributed by atoms with van der Waals surface area (Å²) in [5.74, 6) is 2.29. The molecule has 0 unspecified atom stereocenters. The molecule has 0 fully saturated rings. The number of hydrogen-bond acceptors (Lipinski definition) is 7. The summed E-state index contributed by atoms with van der Waals surface area (Å²) in [6.45, 7) is 1.84. The molecule has 2 aromatic carbocycles. The molecule has 152 valence electrons. The van der Waals surface area contributed by atoms with Gasteiger partial charge in [0.1, 0.15) is 5.75 Å². The third-order valence-corrected chi connectivity index (χ3v) is 4.27. The SMILES string of the molecule is COc1cccc(-c2noc(CN(C)C(=O)[C@@H](C)Oc3ccccc3OC)n2)c1. The number of carbonyl (C=O) groups excluding carboxylic acids is 1. The van der Waals surface area contributed by atoms with Crippen molar-refractivity contribution in [2.75, 3.05) is 21.3 Å². The summed E-state index contributed by atoms with van der Waals surface area (Å²) in [4.78, 5) is 18.5. The highest BCUT2D eigenvalue weighted by molar-refractivity contribution is 5.80.